The molecule has 1 aliphatic carbocycles. The predicted molar refractivity (Wildman–Crippen MR) is 101 cm³/mol. The molecule has 0 amide bonds. The molecule has 10 heteroatoms. The average molecular weight is 434 g/mol. The summed E-state index contributed by atoms with van der Waals surface area (Å²) in [4.78, 5) is 8.62. The monoisotopic (exact) mass is 433 g/mol. The zero-order valence-electron chi connectivity index (χ0n) is 15.2. The third kappa shape index (κ3) is 4.25. The highest BCUT2D eigenvalue weighted by Crippen LogP contribution is 2.41. The molecule has 0 spiro atoms. The van der Waals surface area contributed by atoms with E-state index in [0.717, 1.165) is 24.5 Å². The van der Waals surface area contributed by atoms with Crippen molar-refractivity contribution in [3.05, 3.63) is 35.8 Å². The molecule has 1 fully saturated rings. The first-order chi connectivity index (χ1) is 13.0. The second kappa shape index (κ2) is 7.51. The van der Waals surface area contributed by atoms with Gasteiger partial charge in [0.2, 0.25) is 0 Å². The lowest BCUT2D eigenvalue weighted by atomic mass is 10.2. The van der Waals surface area contributed by atoms with Crippen molar-refractivity contribution in [2.45, 2.75) is 42.1 Å². The Labute approximate surface area is 166 Å². The van der Waals surface area contributed by atoms with E-state index in [-0.39, 0.29) is 22.2 Å². The summed E-state index contributed by atoms with van der Waals surface area (Å²) < 4.78 is 64.4. The summed E-state index contributed by atoms with van der Waals surface area (Å²) in [7, 11) is -1.98. The Kier molecular flexibility index (Phi) is 5.60. The molecule has 0 aliphatic heterocycles. The number of nitrogens with zero attached hydrogens (tertiary/aromatic N) is 3. The highest BCUT2D eigenvalue weighted by Gasteiger charge is 2.36. The topological polar surface area (TPSA) is 64.8 Å². The molecule has 2 aromatic heterocycles. The van der Waals surface area contributed by atoms with Gasteiger partial charge in [0.15, 0.2) is 15.7 Å². The Bertz CT molecular complexity index is 1010. The Morgan fingerprint density at radius 2 is 2.00 bits per heavy atom. The summed E-state index contributed by atoms with van der Waals surface area (Å²) in [5, 5.41) is -2.13. The van der Waals surface area contributed by atoms with Crippen LogP contribution < -0.4 is 0 Å². The largest absolute Gasteiger partial charge is 0.408 e. The number of rotatable bonds is 6. The molecule has 2 heterocycles. The van der Waals surface area contributed by atoms with E-state index in [1.165, 1.54) is 16.8 Å². The summed E-state index contributed by atoms with van der Waals surface area (Å²) in [6.07, 6.45) is 2.46. The molecule has 3 rings (SSSR count). The number of aromatic nitrogens is 3. The van der Waals surface area contributed by atoms with Crippen LogP contribution in [0.4, 0.5) is 13.2 Å². The Balaban J connectivity index is 2.03. The Morgan fingerprint density at radius 1 is 1.32 bits per heavy atom. The Hall–Kier alpha value is -1.87. The van der Waals surface area contributed by atoms with Gasteiger partial charge in [-0.1, -0.05) is 13.0 Å². The fourth-order valence-corrected chi connectivity index (χ4v) is 3.89. The zero-order valence-corrected chi connectivity index (χ0v) is 16.8. The lowest BCUT2D eigenvalue weighted by Crippen LogP contribution is -2.20. The molecule has 1 aliphatic rings. The van der Waals surface area contributed by atoms with E-state index in [9.17, 15) is 21.6 Å². The first-order valence-electron chi connectivity index (χ1n) is 8.68. The quantitative estimate of drug-likeness (QED) is 0.636. The highest BCUT2D eigenvalue weighted by atomic mass is 35.5. The maximum atomic E-state index is 12.6. The second-order valence-electron chi connectivity index (χ2n) is 6.66. The molecule has 1 unspecified atom stereocenters. The number of halogens is 4. The van der Waals surface area contributed by atoms with Gasteiger partial charge in [-0.25, -0.2) is 13.4 Å². The van der Waals surface area contributed by atoms with E-state index >= 15 is 0 Å². The first-order valence-corrected chi connectivity index (χ1v) is 10.8. The van der Waals surface area contributed by atoms with E-state index in [4.69, 9.17) is 11.6 Å². The molecular formula is C18H19ClF3N3O2S. The molecule has 0 saturated heterocycles. The number of hydrogen-bond donors (Lipinski definition) is 0. The maximum Gasteiger partial charge on any atom is 0.408 e. The van der Waals surface area contributed by atoms with Gasteiger partial charge in [-0.15, -0.1) is 11.6 Å². The lowest BCUT2D eigenvalue weighted by molar-refractivity contribution is -0.121. The van der Waals surface area contributed by atoms with Crippen molar-refractivity contribution in [2.24, 2.45) is 7.05 Å². The fraction of sp³-hybridized carbons (Fsp3) is 0.444. The summed E-state index contributed by atoms with van der Waals surface area (Å²) in [5.41, 5.74) is 1.41. The van der Waals surface area contributed by atoms with Crippen molar-refractivity contribution in [1.29, 1.82) is 0 Å². The van der Waals surface area contributed by atoms with Gasteiger partial charge in [-0.3, -0.25) is 4.98 Å². The van der Waals surface area contributed by atoms with Crippen LogP contribution in [0.1, 0.15) is 36.9 Å². The Morgan fingerprint density at radius 3 is 2.57 bits per heavy atom. The average Bonchev–Trinajstić information content (AvgIpc) is 3.42. The molecule has 152 valence electrons. The van der Waals surface area contributed by atoms with Gasteiger partial charge in [0.05, 0.1) is 22.5 Å². The van der Waals surface area contributed by atoms with Crippen LogP contribution in [0.3, 0.4) is 0 Å². The maximum absolute atomic E-state index is 12.6. The van der Waals surface area contributed by atoms with Gasteiger partial charge in [0, 0.05) is 13.2 Å². The van der Waals surface area contributed by atoms with Crippen LogP contribution in [0, 0.1) is 0 Å². The van der Waals surface area contributed by atoms with E-state index in [1.807, 2.05) is 0 Å². The van der Waals surface area contributed by atoms with Crippen molar-refractivity contribution in [1.82, 2.24) is 14.5 Å². The van der Waals surface area contributed by atoms with Crippen molar-refractivity contribution in [3.63, 3.8) is 0 Å². The SMILES string of the molecule is CCS(=O)(=O)c1cc(C2CC2)cnc1-c1ncc(/C=C/C(Cl)C(F)(F)F)n1C. The highest BCUT2D eigenvalue weighted by molar-refractivity contribution is 7.91. The van der Waals surface area contributed by atoms with Gasteiger partial charge >= 0.3 is 6.18 Å². The molecule has 1 saturated carbocycles. The predicted octanol–water partition coefficient (Wildman–Crippen LogP) is 4.34. The third-order valence-electron chi connectivity index (χ3n) is 4.62. The summed E-state index contributed by atoms with van der Waals surface area (Å²) >= 11 is 5.31. The molecule has 0 bridgehead atoms. The standard InChI is InChI=1S/C18H19ClF3N3O2S/c1-3-28(26,27)14-8-12(11-4-5-11)9-23-16(14)17-24-10-13(25(17)2)6-7-15(19)18(20,21)22/h6-11,15H,3-5H2,1-2H3/b7-6+. The van der Waals surface area contributed by atoms with Gasteiger partial charge in [0.1, 0.15) is 11.1 Å². The molecule has 1 atom stereocenters. The van der Waals surface area contributed by atoms with Crippen molar-refractivity contribution >= 4 is 27.5 Å². The van der Waals surface area contributed by atoms with E-state index < -0.39 is 21.4 Å². The van der Waals surface area contributed by atoms with Crippen molar-refractivity contribution in [2.75, 3.05) is 5.75 Å². The number of imidazole rings is 1. The lowest BCUT2D eigenvalue weighted by Gasteiger charge is -2.11. The van der Waals surface area contributed by atoms with Crippen LogP contribution in [-0.4, -0.2) is 40.3 Å². The first kappa shape index (κ1) is 20.9. The van der Waals surface area contributed by atoms with Crippen LogP contribution in [0.5, 0.6) is 0 Å². The van der Waals surface area contributed by atoms with Crippen molar-refractivity contribution in [3.8, 4) is 11.5 Å². The van der Waals surface area contributed by atoms with Crippen molar-refractivity contribution < 1.29 is 21.6 Å². The third-order valence-corrected chi connectivity index (χ3v) is 6.76. The van der Waals surface area contributed by atoms with Gasteiger partial charge in [0.25, 0.3) is 0 Å². The zero-order chi connectivity index (χ0) is 20.7. The fourth-order valence-electron chi connectivity index (χ4n) is 2.75. The van der Waals surface area contributed by atoms with Crippen LogP contribution in [0.25, 0.3) is 17.6 Å². The van der Waals surface area contributed by atoms with E-state index in [0.29, 0.717) is 11.6 Å². The molecular weight excluding hydrogens is 415 g/mol. The summed E-state index contributed by atoms with van der Waals surface area (Å²) in [5.74, 6) is 0.495. The minimum absolute atomic E-state index is 0.0908. The number of allylic oxidation sites excluding steroid dienone is 1. The minimum Gasteiger partial charge on any atom is -0.326 e. The van der Waals surface area contributed by atoms with Crippen LogP contribution >= 0.6 is 11.6 Å². The summed E-state index contributed by atoms with van der Waals surface area (Å²) in [6, 6.07) is 1.64. The normalized spacial score (nSPS) is 16.6. The van der Waals surface area contributed by atoms with E-state index in [2.05, 4.69) is 9.97 Å². The smallest absolute Gasteiger partial charge is 0.326 e. The summed E-state index contributed by atoms with van der Waals surface area (Å²) in [6.45, 7) is 1.55. The van der Waals surface area contributed by atoms with Crippen LogP contribution in [-0.2, 0) is 16.9 Å². The molecule has 0 N–H and O–H groups in total. The van der Waals surface area contributed by atoms with Gasteiger partial charge < -0.3 is 4.57 Å². The second-order valence-corrected chi connectivity index (χ2v) is 9.38. The number of hydrogen-bond acceptors (Lipinski definition) is 4. The molecule has 28 heavy (non-hydrogen) atoms. The number of alkyl halides is 4. The molecule has 0 aromatic carbocycles. The molecule has 5 nitrogen and oxygen atoms in total. The number of pyridine rings is 1. The minimum atomic E-state index is -4.55. The molecule has 0 radical (unpaired) electrons. The number of sulfone groups is 1. The molecule has 2 aromatic rings. The van der Waals surface area contributed by atoms with Gasteiger partial charge in [-0.05, 0) is 36.5 Å². The van der Waals surface area contributed by atoms with Crippen LogP contribution in [0.2, 0.25) is 0 Å². The van der Waals surface area contributed by atoms with Crippen LogP contribution in [0.15, 0.2) is 29.4 Å². The van der Waals surface area contributed by atoms with E-state index in [1.54, 1.807) is 26.2 Å². The van der Waals surface area contributed by atoms with Gasteiger partial charge in [-0.2, -0.15) is 13.2 Å².